The minimum atomic E-state index is 0.631. The minimum absolute atomic E-state index is 0.631. The Morgan fingerprint density at radius 1 is 0.741 bits per heavy atom. The molecule has 7 nitrogen and oxygen atoms in total. The predicted molar refractivity (Wildman–Crippen MR) is 115 cm³/mol. The fourth-order valence-electron chi connectivity index (χ4n) is 2.87. The van der Waals surface area contributed by atoms with E-state index in [1.54, 1.807) is 0 Å². The Morgan fingerprint density at radius 3 is 1.52 bits per heavy atom. The van der Waals surface area contributed by atoms with Gasteiger partial charge in [0.15, 0.2) is 0 Å². The molecule has 1 aromatic rings. The summed E-state index contributed by atoms with van der Waals surface area (Å²) in [6.45, 7) is 21.7. The first-order valence-corrected chi connectivity index (χ1v) is 9.26. The van der Waals surface area contributed by atoms with E-state index in [1.165, 1.54) is 0 Å². The van der Waals surface area contributed by atoms with Gasteiger partial charge in [-0.25, -0.2) is 0 Å². The third-order valence-corrected chi connectivity index (χ3v) is 4.35. The monoisotopic (exact) mass is 369 g/mol. The lowest BCUT2D eigenvalue weighted by molar-refractivity contribution is 0.311. The fraction of sp³-hybridized carbons (Fsp3) is 0.450. The highest BCUT2D eigenvalue weighted by molar-refractivity contribution is 5.48. The zero-order valence-corrected chi connectivity index (χ0v) is 16.4. The van der Waals surface area contributed by atoms with Crippen LogP contribution >= 0.6 is 0 Å². The van der Waals surface area contributed by atoms with Crippen LogP contribution in [0, 0.1) is 0 Å². The van der Waals surface area contributed by atoms with Gasteiger partial charge in [0, 0.05) is 52.4 Å². The van der Waals surface area contributed by atoms with Crippen molar-refractivity contribution in [3.63, 3.8) is 0 Å². The highest BCUT2D eigenvalue weighted by Gasteiger charge is 2.21. The van der Waals surface area contributed by atoms with E-state index in [0.29, 0.717) is 44.0 Å². The lowest BCUT2D eigenvalue weighted by atomic mass is 10.3. The third-order valence-electron chi connectivity index (χ3n) is 4.35. The van der Waals surface area contributed by atoms with Crippen LogP contribution in [0.2, 0.25) is 0 Å². The van der Waals surface area contributed by atoms with Crippen molar-refractivity contribution in [2.45, 2.75) is 0 Å². The Balaban J connectivity index is 2.44. The van der Waals surface area contributed by atoms with Crippen molar-refractivity contribution in [2.24, 2.45) is 0 Å². The van der Waals surface area contributed by atoms with E-state index < -0.39 is 0 Å². The molecule has 1 aliphatic heterocycles. The molecule has 0 N–H and O–H groups in total. The van der Waals surface area contributed by atoms with E-state index in [4.69, 9.17) is 15.0 Å². The Kier molecular flexibility index (Phi) is 8.00. The molecular weight excluding hydrogens is 338 g/mol. The molecular formula is C20H31N7. The minimum Gasteiger partial charge on any atom is -0.338 e. The molecule has 7 heteroatoms. The molecule has 146 valence electrons. The average Bonchev–Trinajstić information content (AvgIpc) is 2.68. The molecule has 0 aliphatic carbocycles. The number of piperazine rings is 1. The van der Waals surface area contributed by atoms with Crippen LogP contribution in [0.1, 0.15) is 0 Å². The zero-order valence-electron chi connectivity index (χ0n) is 16.4. The van der Waals surface area contributed by atoms with Gasteiger partial charge in [-0.1, -0.05) is 24.3 Å². The molecule has 1 fully saturated rings. The number of likely N-dealkylation sites (N-methyl/N-ethyl adjacent to an activating group) is 1. The van der Waals surface area contributed by atoms with Gasteiger partial charge in [-0.3, -0.25) is 0 Å². The van der Waals surface area contributed by atoms with Gasteiger partial charge in [0.1, 0.15) is 0 Å². The summed E-state index contributed by atoms with van der Waals surface area (Å²) < 4.78 is 0. The highest BCUT2D eigenvalue weighted by atomic mass is 15.4. The number of aromatic nitrogens is 3. The summed E-state index contributed by atoms with van der Waals surface area (Å²) >= 11 is 0. The van der Waals surface area contributed by atoms with Gasteiger partial charge < -0.3 is 19.6 Å². The van der Waals surface area contributed by atoms with Crippen molar-refractivity contribution in [3.8, 4) is 0 Å². The van der Waals surface area contributed by atoms with Crippen molar-refractivity contribution < 1.29 is 0 Å². The van der Waals surface area contributed by atoms with E-state index in [1.807, 2.05) is 34.1 Å². The Hall–Kier alpha value is -2.67. The van der Waals surface area contributed by atoms with Crippen LogP contribution in [0.5, 0.6) is 0 Å². The van der Waals surface area contributed by atoms with Gasteiger partial charge in [0.2, 0.25) is 17.8 Å². The fourth-order valence-corrected chi connectivity index (χ4v) is 2.87. The quantitative estimate of drug-likeness (QED) is 0.553. The predicted octanol–water partition coefficient (Wildman–Crippen LogP) is 1.98. The van der Waals surface area contributed by atoms with E-state index in [9.17, 15) is 0 Å². The molecule has 1 aromatic heterocycles. The lowest BCUT2D eigenvalue weighted by Gasteiger charge is -2.33. The summed E-state index contributed by atoms with van der Waals surface area (Å²) in [5, 5.41) is 0. The Morgan fingerprint density at radius 2 is 1.15 bits per heavy atom. The molecule has 0 atom stereocenters. The van der Waals surface area contributed by atoms with Gasteiger partial charge in [-0.15, -0.1) is 26.3 Å². The van der Waals surface area contributed by atoms with Crippen LogP contribution in [-0.4, -0.2) is 79.3 Å². The van der Waals surface area contributed by atoms with Crippen molar-refractivity contribution in [3.05, 3.63) is 50.6 Å². The van der Waals surface area contributed by atoms with Crippen LogP contribution < -0.4 is 14.7 Å². The van der Waals surface area contributed by atoms with Crippen LogP contribution in [0.25, 0.3) is 0 Å². The van der Waals surface area contributed by atoms with Gasteiger partial charge in [-0.2, -0.15) is 15.0 Å². The van der Waals surface area contributed by atoms with Crippen molar-refractivity contribution in [1.29, 1.82) is 0 Å². The van der Waals surface area contributed by atoms with Crippen molar-refractivity contribution in [1.82, 2.24) is 19.9 Å². The van der Waals surface area contributed by atoms with Crippen LogP contribution in [0.3, 0.4) is 0 Å². The Labute approximate surface area is 163 Å². The smallest absolute Gasteiger partial charge is 0.232 e. The Bertz CT molecular complexity index is 587. The maximum absolute atomic E-state index is 4.76. The molecule has 0 saturated carbocycles. The molecule has 1 saturated heterocycles. The molecule has 0 amide bonds. The average molecular weight is 370 g/mol. The summed E-state index contributed by atoms with van der Waals surface area (Å²) in [5.74, 6) is 1.97. The van der Waals surface area contributed by atoms with E-state index >= 15 is 0 Å². The van der Waals surface area contributed by atoms with Gasteiger partial charge in [0.05, 0.1) is 0 Å². The van der Waals surface area contributed by atoms with Gasteiger partial charge in [0.25, 0.3) is 0 Å². The maximum Gasteiger partial charge on any atom is 0.232 e. The van der Waals surface area contributed by atoms with Crippen LogP contribution in [-0.2, 0) is 0 Å². The normalized spacial score (nSPS) is 14.5. The second-order valence-corrected chi connectivity index (χ2v) is 6.49. The van der Waals surface area contributed by atoms with Crippen molar-refractivity contribution >= 4 is 17.8 Å². The maximum atomic E-state index is 4.76. The standard InChI is InChI=1S/C20H31N7/c1-6-10-25(11-7-2)18-21-19(26(12-8-3)13-9-4)23-20(22-18)27-16-14-24(5)15-17-27/h6-9H,1-4,10-17H2,5H3. The largest absolute Gasteiger partial charge is 0.338 e. The zero-order chi connectivity index (χ0) is 19.6. The summed E-state index contributed by atoms with van der Waals surface area (Å²) in [6.07, 6.45) is 7.36. The molecule has 2 heterocycles. The SMILES string of the molecule is C=CCN(CC=C)c1nc(N(CC=C)CC=C)nc(N2CCN(C)CC2)n1. The number of nitrogens with zero attached hydrogens (tertiary/aromatic N) is 7. The first kappa shape index (κ1) is 20.6. The number of anilines is 3. The molecule has 0 bridgehead atoms. The van der Waals surface area contributed by atoms with Gasteiger partial charge in [-0.05, 0) is 7.05 Å². The molecule has 0 aromatic carbocycles. The first-order chi connectivity index (χ1) is 13.1. The highest BCUT2D eigenvalue weighted by Crippen LogP contribution is 2.20. The lowest BCUT2D eigenvalue weighted by Crippen LogP contribution is -2.45. The van der Waals surface area contributed by atoms with Crippen LogP contribution in [0.4, 0.5) is 17.8 Å². The van der Waals surface area contributed by atoms with E-state index in [-0.39, 0.29) is 0 Å². The molecule has 2 rings (SSSR count). The summed E-state index contributed by atoms with van der Waals surface area (Å²) in [7, 11) is 2.13. The summed E-state index contributed by atoms with van der Waals surface area (Å²) in [6, 6.07) is 0. The molecule has 0 unspecified atom stereocenters. The van der Waals surface area contributed by atoms with Crippen molar-refractivity contribution in [2.75, 3.05) is 74.1 Å². The first-order valence-electron chi connectivity index (χ1n) is 9.26. The topological polar surface area (TPSA) is 51.6 Å². The second-order valence-electron chi connectivity index (χ2n) is 6.49. The number of rotatable bonds is 11. The number of hydrogen-bond acceptors (Lipinski definition) is 7. The molecule has 27 heavy (non-hydrogen) atoms. The second kappa shape index (κ2) is 10.5. The molecule has 0 spiro atoms. The third kappa shape index (κ3) is 5.65. The summed E-state index contributed by atoms with van der Waals surface area (Å²) in [4.78, 5) is 22.8. The van der Waals surface area contributed by atoms with Gasteiger partial charge >= 0.3 is 0 Å². The molecule has 0 radical (unpaired) electrons. The summed E-state index contributed by atoms with van der Waals surface area (Å²) in [5.41, 5.74) is 0. The number of hydrogen-bond donors (Lipinski definition) is 0. The van der Waals surface area contributed by atoms with E-state index in [0.717, 1.165) is 26.2 Å². The van der Waals surface area contributed by atoms with E-state index in [2.05, 4.69) is 43.2 Å². The van der Waals surface area contributed by atoms with Crippen LogP contribution in [0.15, 0.2) is 50.6 Å². The molecule has 1 aliphatic rings.